The molecule has 0 aliphatic rings. The minimum absolute atomic E-state index is 0.887. The van der Waals surface area contributed by atoms with Gasteiger partial charge in [0.15, 0.2) is 6.29 Å². The minimum Gasteiger partial charge on any atom is -0.365 e. The van der Waals surface area contributed by atoms with Crippen molar-refractivity contribution in [2.45, 2.75) is 59.7 Å². The Kier molecular flexibility index (Phi) is 8.73. The molecule has 0 unspecified atom stereocenters. The van der Waals surface area contributed by atoms with Gasteiger partial charge in [0.25, 0.3) is 0 Å². The number of rotatable bonds is 7. The van der Waals surface area contributed by atoms with Crippen LogP contribution in [0.1, 0.15) is 53.4 Å². The van der Waals surface area contributed by atoms with Gasteiger partial charge < -0.3 is 10.2 Å². The molecule has 98 valence electrons. The Morgan fingerprint density at radius 3 is 1.94 bits per heavy atom. The molecule has 0 atom stereocenters. The Balaban J connectivity index is 3.88. The zero-order valence-corrected chi connectivity index (χ0v) is 11.5. The quantitative estimate of drug-likeness (QED) is 0.524. The van der Waals surface area contributed by atoms with Crippen LogP contribution in [0.4, 0.5) is 0 Å². The summed E-state index contributed by atoms with van der Waals surface area (Å²) >= 11 is 0. The van der Waals surface area contributed by atoms with Crippen LogP contribution in [-0.2, 0) is 0 Å². The monoisotopic (exact) mass is 238 g/mol. The molecule has 0 heterocycles. The molecule has 0 rings (SSSR count). The van der Waals surface area contributed by atoms with Gasteiger partial charge in [0.05, 0.1) is 0 Å². The maximum Gasteiger partial charge on any atom is 0.171 e. The summed E-state index contributed by atoms with van der Waals surface area (Å²) in [4.78, 5) is 0. The third-order valence-corrected chi connectivity index (χ3v) is 2.56. The molecule has 0 aromatic rings. The van der Waals surface area contributed by atoms with E-state index in [1.54, 1.807) is 0 Å². The van der Waals surface area contributed by atoms with Gasteiger partial charge >= 0.3 is 0 Å². The van der Waals surface area contributed by atoms with E-state index in [1.165, 1.54) is 17.2 Å². The molecule has 0 aliphatic heterocycles. The second-order valence-corrected chi connectivity index (χ2v) is 4.84. The van der Waals surface area contributed by atoms with Gasteiger partial charge in [-0.3, -0.25) is 0 Å². The van der Waals surface area contributed by atoms with Crippen LogP contribution in [-0.4, -0.2) is 16.5 Å². The average molecular weight is 238 g/mol. The molecule has 0 radical (unpaired) electrons. The van der Waals surface area contributed by atoms with E-state index in [0.29, 0.717) is 0 Å². The van der Waals surface area contributed by atoms with Gasteiger partial charge in [0, 0.05) is 0 Å². The Labute approximate surface area is 105 Å². The standard InChI is InChI=1S/C15H26O2/c1-12(2)7-5-8-13(3)9-6-10-14(4)11-15(16)17/h7,9,11,15-17H,5-6,8,10H2,1-4H3. The van der Waals surface area contributed by atoms with E-state index >= 15 is 0 Å². The molecule has 0 aromatic heterocycles. The third kappa shape index (κ3) is 11.4. The molecule has 0 fully saturated rings. The van der Waals surface area contributed by atoms with E-state index in [1.807, 2.05) is 6.92 Å². The van der Waals surface area contributed by atoms with Gasteiger partial charge in [0.2, 0.25) is 0 Å². The average Bonchev–Trinajstić information content (AvgIpc) is 2.15. The SMILES string of the molecule is CC(C)=CCCC(C)=CCCC(C)=CC(O)O. The lowest BCUT2D eigenvalue weighted by Crippen LogP contribution is -1.99. The number of aliphatic hydroxyl groups excluding tert-OH is 1. The molecule has 0 bridgehead atoms. The van der Waals surface area contributed by atoms with Crippen molar-refractivity contribution < 1.29 is 10.2 Å². The largest absolute Gasteiger partial charge is 0.365 e. The normalized spacial score (nSPS) is 13.1. The predicted molar refractivity (Wildman–Crippen MR) is 73.6 cm³/mol. The lowest BCUT2D eigenvalue weighted by molar-refractivity contribution is 0.00164. The maximum atomic E-state index is 8.76. The molecule has 0 aliphatic carbocycles. The highest BCUT2D eigenvalue weighted by Gasteiger charge is 1.94. The first-order valence-corrected chi connectivity index (χ1v) is 6.24. The topological polar surface area (TPSA) is 40.5 Å². The predicted octanol–water partition coefficient (Wildman–Crippen LogP) is 3.72. The van der Waals surface area contributed by atoms with Crippen LogP contribution in [0, 0.1) is 0 Å². The lowest BCUT2D eigenvalue weighted by atomic mass is 10.1. The first kappa shape index (κ1) is 16.1. The Morgan fingerprint density at radius 2 is 1.41 bits per heavy atom. The van der Waals surface area contributed by atoms with Gasteiger partial charge in [-0.2, -0.15) is 0 Å². The number of allylic oxidation sites excluding steroid dienone is 5. The molecular formula is C15H26O2. The van der Waals surface area contributed by atoms with Gasteiger partial charge in [-0.1, -0.05) is 28.9 Å². The molecule has 0 aromatic carbocycles. The fourth-order valence-corrected chi connectivity index (χ4v) is 1.57. The number of aliphatic hydroxyl groups is 2. The van der Waals surface area contributed by atoms with Crippen LogP contribution in [0.15, 0.2) is 34.9 Å². The summed E-state index contributed by atoms with van der Waals surface area (Å²) < 4.78 is 0. The van der Waals surface area contributed by atoms with E-state index in [4.69, 9.17) is 10.2 Å². The van der Waals surface area contributed by atoms with Crippen molar-refractivity contribution in [2.75, 3.05) is 0 Å². The first-order valence-electron chi connectivity index (χ1n) is 6.24. The van der Waals surface area contributed by atoms with Crippen LogP contribution >= 0.6 is 0 Å². The van der Waals surface area contributed by atoms with Crippen molar-refractivity contribution in [2.24, 2.45) is 0 Å². The minimum atomic E-state index is -1.32. The van der Waals surface area contributed by atoms with Crippen LogP contribution in [0.3, 0.4) is 0 Å². The molecule has 2 N–H and O–H groups in total. The van der Waals surface area contributed by atoms with Gasteiger partial charge in [-0.15, -0.1) is 0 Å². The number of hydrogen-bond acceptors (Lipinski definition) is 2. The summed E-state index contributed by atoms with van der Waals surface area (Å²) in [5.41, 5.74) is 3.79. The fraction of sp³-hybridized carbons (Fsp3) is 0.600. The highest BCUT2D eigenvalue weighted by molar-refractivity contribution is 5.05. The maximum absolute atomic E-state index is 8.76. The van der Waals surface area contributed by atoms with Crippen molar-refractivity contribution in [3.8, 4) is 0 Å². The lowest BCUT2D eigenvalue weighted by Gasteiger charge is -2.02. The van der Waals surface area contributed by atoms with Crippen LogP contribution in [0.5, 0.6) is 0 Å². The van der Waals surface area contributed by atoms with Gasteiger partial charge in [-0.05, 0) is 59.5 Å². The summed E-state index contributed by atoms with van der Waals surface area (Å²) in [5, 5.41) is 17.5. The van der Waals surface area contributed by atoms with Gasteiger partial charge in [-0.25, -0.2) is 0 Å². The fourth-order valence-electron chi connectivity index (χ4n) is 1.57. The van der Waals surface area contributed by atoms with E-state index in [9.17, 15) is 0 Å². The Hall–Kier alpha value is -0.860. The highest BCUT2D eigenvalue weighted by Crippen LogP contribution is 2.11. The van der Waals surface area contributed by atoms with Gasteiger partial charge in [0.1, 0.15) is 0 Å². The van der Waals surface area contributed by atoms with Crippen molar-refractivity contribution in [3.05, 3.63) is 34.9 Å². The number of hydrogen-bond donors (Lipinski definition) is 2. The van der Waals surface area contributed by atoms with E-state index in [2.05, 4.69) is 32.9 Å². The molecule has 2 nitrogen and oxygen atoms in total. The zero-order valence-electron chi connectivity index (χ0n) is 11.5. The second kappa shape index (κ2) is 9.20. The highest BCUT2D eigenvalue weighted by atomic mass is 16.5. The molecule has 17 heavy (non-hydrogen) atoms. The molecule has 0 saturated heterocycles. The zero-order chi connectivity index (χ0) is 13.3. The molecule has 0 spiro atoms. The summed E-state index contributed by atoms with van der Waals surface area (Å²) in [6.45, 7) is 8.31. The van der Waals surface area contributed by atoms with E-state index in [-0.39, 0.29) is 0 Å². The second-order valence-electron chi connectivity index (χ2n) is 4.84. The van der Waals surface area contributed by atoms with Crippen LogP contribution in [0.2, 0.25) is 0 Å². The molecule has 0 amide bonds. The summed E-state index contributed by atoms with van der Waals surface area (Å²) in [6.07, 6.45) is 8.72. The Bertz CT molecular complexity index is 292. The van der Waals surface area contributed by atoms with Crippen LogP contribution < -0.4 is 0 Å². The van der Waals surface area contributed by atoms with Crippen LogP contribution in [0.25, 0.3) is 0 Å². The van der Waals surface area contributed by atoms with E-state index < -0.39 is 6.29 Å². The van der Waals surface area contributed by atoms with Crippen molar-refractivity contribution in [1.82, 2.24) is 0 Å². The van der Waals surface area contributed by atoms with E-state index in [0.717, 1.165) is 31.3 Å². The third-order valence-electron chi connectivity index (χ3n) is 2.56. The summed E-state index contributed by atoms with van der Waals surface area (Å²) in [7, 11) is 0. The smallest absolute Gasteiger partial charge is 0.171 e. The molecular weight excluding hydrogens is 212 g/mol. The molecule has 2 heteroatoms. The summed E-state index contributed by atoms with van der Waals surface area (Å²) in [5.74, 6) is 0. The van der Waals surface area contributed by atoms with Crippen molar-refractivity contribution in [1.29, 1.82) is 0 Å². The van der Waals surface area contributed by atoms with Crippen molar-refractivity contribution >= 4 is 0 Å². The van der Waals surface area contributed by atoms with Crippen molar-refractivity contribution in [3.63, 3.8) is 0 Å². The molecule has 0 saturated carbocycles. The summed E-state index contributed by atoms with van der Waals surface area (Å²) in [6, 6.07) is 0. The first-order chi connectivity index (χ1) is 7.91. The Morgan fingerprint density at radius 1 is 0.882 bits per heavy atom.